The number of benzene rings is 1. The van der Waals surface area contributed by atoms with E-state index in [1.54, 1.807) is 26.4 Å². The van der Waals surface area contributed by atoms with Crippen molar-refractivity contribution in [1.82, 2.24) is 4.90 Å². The summed E-state index contributed by atoms with van der Waals surface area (Å²) in [6.07, 6.45) is 1.80. The molecule has 0 heterocycles. The number of nitrogens with two attached hydrogens (primary N) is 1. The highest BCUT2D eigenvalue weighted by molar-refractivity contribution is 6.32. The molecule has 0 bridgehead atoms. The standard InChI is InChI=1S/C28H34N2O8/c1-12(2)10-38-11-13(3)15-6-7-18(31)20-16(15)8-14-9-17-22(30(4)5)24(33)21(27(29)36)26(35)28(17,37)25(34)19(14)23(20)32/h6-7,11-12,14,17,19,21-22,31,37H,8-10H2,1-5H3,(H2,29,36)/t14-,17-,19?,21?,22-,28-/m1/s1. The summed E-state index contributed by atoms with van der Waals surface area (Å²) in [5, 5.41) is 22.3. The Hall–Kier alpha value is -3.37. The number of fused-ring (bicyclic) bond motifs is 3. The molecule has 2 saturated carbocycles. The molecule has 3 aliphatic carbocycles. The van der Waals surface area contributed by atoms with Crippen molar-refractivity contribution in [2.45, 2.75) is 45.3 Å². The quantitative estimate of drug-likeness (QED) is 0.361. The summed E-state index contributed by atoms with van der Waals surface area (Å²) >= 11 is 0. The van der Waals surface area contributed by atoms with Crippen LogP contribution in [-0.4, -0.2) is 76.5 Å². The zero-order valence-electron chi connectivity index (χ0n) is 22.2. The van der Waals surface area contributed by atoms with Crippen LogP contribution >= 0.6 is 0 Å². The van der Waals surface area contributed by atoms with E-state index in [1.807, 2.05) is 20.8 Å². The van der Waals surface area contributed by atoms with E-state index < -0.39 is 64.4 Å². The molecule has 0 aliphatic heterocycles. The van der Waals surface area contributed by atoms with Gasteiger partial charge in [0.1, 0.15) is 5.75 Å². The van der Waals surface area contributed by atoms with Crippen LogP contribution in [0.5, 0.6) is 5.75 Å². The zero-order valence-corrected chi connectivity index (χ0v) is 22.2. The van der Waals surface area contributed by atoms with Crippen molar-refractivity contribution < 1.29 is 38.9 Å². The molecular weight excluding hydrogens is 492 g/mol. The molecule has 0 radical (unpaired) electrons. The lowest BCUT2D eigenvalue weighted by Crippen LogP contribution is -2.74. The van der Waals surface area contributed by atoms with Gasteiger partial charge in [-0.25, -0.2) is 0 Å². The maximum absolute atomic E-state index is 13.8. The summed E-state index contributed by atoms with van der Waals surface area (Å²) in [5.74, 6) is -10.3. The van der Waals surface area contributed by atoms with Crippen molar-refractivity contribution >= 4 is 34.6 Å². The van der Waals surface area contributed by atoms with Gasteiger partial charge in [-0.3, -0.25) is 28.9 Å². The van der Waals surface area contributed by atoms with Crippen LogP contribution < -0.4 is 5.73 Å². The number of likely N-dealkylation sites (N-methyl/N-ethyl adjacent to an activating group) is 1. The van der Waals surface area contributed by atoms with Gasteiger partial charge in [0.2, 0.25) is 5.91 Å². The minimum atomic E-state index is -2.73. The zero-order chi connectivity index (χ0) is 28.3. The normalized spacial score (nSPS) is 31.3. The molecule has 204 valence electrons. The van der Waals surface area contributed by atoms with Crippen molar-refractivity contribution in [2.75, 3.05) is 20.7 Å². The second kappa shape index (κ2) is 9.74. The summed E-state index contributed by atoms with van der Waals surface area (Å²) in [6.45, 7) is 6.34. The Morgan fingerprint density at radius 3 is 2.45 bits per heavy atom. The van der Waals surface area contributed by atoms with Crippen LogP contribution in [0, 0.1) is 29.6 Å². The molecule has 3 aliphatic rings. The molecule has 38 heavy (non-hydrogen) atoms. The highest BCUT2D eigenvalue weighted by Crippen LogP contribution is 2.51. The number of allylic oxidation sites excluding steroid dienone is 1. The topological polar surface area (TPSA) is 164 Å². The fraction of sp³-hybridized carbons (Fsp3) is 0.536. The Labute approximate surface area is 220 Å². The second-order valence-corrected chi connectivity index (χ2v) is 11.3. The van der Waals surface area contributed by atoms with Gasteiger partial charge in [-0.2, -0.15) is 0 Å². The number of aromatic hydroxyl groups is 1. The third kappa shape index (κ3) is 4.06. The first-order valence-electron chi connectivity index (χ1n) is 12.7. The number of aliphatic hydroxyl groups is 1. The molecule has 1 aromatic rings. The van der Waals surface area contributed by atoms with E-state index >= 15 is 0 Å². The van der Waals surface area contributed by atoms with Gasteiger partial charge in [0, 0.05) is 5.92 Å². The molecule has 1 aromatic carbocycles. The minimum Gasteiger partial charge on any atom is -0.507 e. The fourth-order valence-electron chi connectivity index (χ4n) is 6.40. The van der Waals surface area contributed by atoms with Crippen molar-refractivity contribution in [3.8, 4) is 5.75 Å². The Balaban J connectivity index is 1.82. The van der Waals surface area contributed by atoms with E-state index in [1.165, 1.54) is 11.0 Å². The Kier molecular flexibility index (Phi) is 7.09. The van der Waals surface area contributed by atoms with Gasteiger partial charge < -0.3 is 20.7 Å². The Morgan fingerprint density at radius 2 is 1.87 bits per heavy atom. The van der Waals surface area contributed by atoms with Gasteiger partial charge in [-0.1, -0.05) is 19.9 Å². The third-order valence-electron chi connectivity index (χ3n) is 8.06. The van der Waals surface area contributed by atoms with Gasteiger partial charge in [0.15, 0.2) is 34.7 Å². The van der Waals surface area contributed by atoms with Gasteiger partial charge >= 0.3 is 0 Å². The number of carbonyl (C=O) groups is 5. The number of ether oxygens (including phenoxy) is 1. The van der Waals surface area contributed by atoms with Crippen LogP contribution in [0.2, 0.25) is 0 Å². The average Bonchev–Trinajstić information content (AvgIpc) is 2.80. The molecule has 4 N–H and O–H groups in total. The second-order valence-electron chi connectivity index (χ2n) is 11.3. The van der Waals surface area contributed by atoms with Gasteiger partial charge in [-0.15, -0.1) is 0 Å². The predicted octanol–water partition coefficient (Wildman–Crippen LogP) is 0.900. The summed E-state index contributed by atoms with van der Waals surface area (Å²) in [5.41, 5.74) is 4.52. The number of Topliss-reactive ketones (excluding diaryl/α,β-unsaturated/α-hetero) is 4. The van der Waals surface area contributed by atoms with E-state index in [4.69, 9.17) is 10.5 Å². The number of amides is 1. The largest absolute Gasteiger partial charge is 0.507 e. The lowest BCUT2D eigenvalue weighted by molar-refractivity contribution is -0.181. The predicted molar refractivity (Wildman–Crippen MR) is 136 cm³/mol. The van der Waals surface area contributed by atoms with Crippen LogP contribution in [0.25, 0.3) is 5.57 Å². The summed E-state index contributed by atoms with van der Waals surface area (Å²) < 4.78 is 5.65. The average molecular weight is 527 g/mol. The highest BCUT2D eigenvalue weighted by atomic mass is 16.5. The van der Waals surface area contributed by atoms with Crippen LogP contribution in [0.3, 0.4) is 0 Å². The number of rotatable bonds is 6. The van der Waals surface area contributed by atoms with E-state index in [9.17, 15) is 34.2 Å². The molecule has 4 rings (SSSR count). The van der Waals surface area contributed by atoms with Gasteiger partial charge in [-0.05, 0) is 68.5 Å². The van der Waals surface area contributed by atoms with E-state index in [-0.39, 0.29) is 24.2 Å². The van der Waals surface area contributed by atoms with Crippen molar-refractivity contribution in [2.24, 2.45) is 35.3 Å². The van der Waals surface area contributed by atoms with Crippen LogP contribution in [0.15, 0.2) is 18.4 Å². The van der Waals surface area contributed by atoms with E-state index in [0.29, 0.717) is 23.7 Å². The van der Waals surface area contributed by atoms with Gasteiger partial charge in [0.05, 0.1) is 30.4 Å². The summed E-state index contributed by atoms with van der Waals surface area (Å²) in [4.78, 5) is 67.6. The number of hydrogen-bond donors (Lipinski definition) is 3. The number of primary amides is 1. The molecule has 6 atom stereocenters. The van der Waals surface area contributed by atoms with E-state index in [2.05, 4.69) is 0 Å². The van der Waals surface area contributed by atoms with E-state index in [0.717, 1.165) is 5.57 Å². The molecule has 10 nitrogen and oxygen atoms in total. The van der Waals surface area contributed by atoms with Crippen molar-refractivity contribution in [3.05, 3.63) is 35.1 Å². The summed E-state index contributed by atoms with van der Waals surface area (Å²) in [7, 11) is 3.10. The molecular formula is C28H34N2O8. The molecule has 0 aromatic heterocycles. The van der Waals surface area contributed by atoms with Crippen molar-refractivity contribution in [3.63, 3.8) is 0 Å². The number of ketones is 4. The Bertz CT molecular complexity index is 1270. The number of phenols is 1. The monoisotopic (exact) mass is 526 g/mol. The molecule has 2 fully saturated rings. The molecule has 0 saturated heterocycles. The van der Waals surface area contributed by atoms with Crippen LogP contribution in [0.4, 0.5) is 0 Å². The first-order chi connectivity index (χ1) is 17.7. The Morgan fingerprint density at radius 1 is 1.21 bits per heavy atom. The number of phenolic OH excluding ortho intramolecular Hbond substituents is 1. The van der Waals surface area contributed by atoms with Gasteiger partial charge in [0.25, 0.3) is 0 Å². The smallest absolute Gasteiger partial charge is 0.235 e. The third-order valence-corrected chi connectivity index (χ3v) is 8.06. The van der Waals surface area contributed by atoms with Crippen LogP contribution in [-0.2, 0) is 30.3 Å². The molecule has 0 spiro atoms. The number of carbonyl (C=O) groups excluding carboxylic acids is 5. The summed E-state index contributed by atoms with van der Waals surface area (Å²) in [6, 6.07) is 1.92. The fourth-order valence-corrected chi connectivity index (χ4v) is 6.40. The molecule has 2 unspecified atom stereocenters. The lowest BCUT2D eigenvalue weighted by Gasteiger charge is -2.52. The maximum atomic E-state index is 13.8. The molecule has 1 amide bonds. The lowest BCUT2D eigenvalue weighted by atomic mass is 9.52. The number of nitrogens with zero attached hydrogens (tertiary/aromatic N) is 1. The van der Waals surface area contributed by atoms with Crippen molar-refractivity contribution in [1.29, 1.82) is 0 Å². The highest BCUT2D eigenvalue weighted by Gasteiger charge is 2.69. The molecule has 10 heteroatoms. The minimum absolute atomic E-state index is 0.00556. The van der Waals surface area contributed by atoms with Crippen LogP contribution in [0.1, 0.15) is 48.7 Å². The SMILES string of the molecule is CC(=COCC(C)C)c1ccc(O)c2c1C[C@@H]1C[C@@H]3[C@@H](N(C)C)C(=O)C(C(N)=O)C(=O)[C@]3(O)C(=O)C1C2=O. The maximum Gasteiger partial charge on any atom is 0.235 e. The first-order valence-corrected chi connectivity index (χ1v) is 12.7. The number of hydrogen-bond acceptors (Lipinski definition) is 9. The first kappa shape index (κ1) is 27.7.